The Labute approximate surface area is 209 Å². The predicted octanol–water partition coefficient (Wildman–Crippen LogP) is 7.01. The summed E-state index contributed by atoms with van der Waals surface area (Å²) in [5.41, 5.74) is 5.08. The molecule has 2 aromatic heterocycles. The third-order valence-electron chi connectivity index (χ3n) is 6.21. The highest BCUT2D eigenvalue weighted by Gasteiger charge is 2.19. The molecule has 0 spiro atoms. The standard InChI is InChI=1S/C29H29NO4S/c1-6-19-14-22(25(32)12-11-24(31)20-10-13-26(33-4)27(16-20)34-5)30-23(15-19)28-18(3)35-29-17(2)8-7-9-21(28)29/h7-10,13-16H,6,11-12H2,1-5H3. The van der Waals surface area contributed by atoms with E-state index >= 15 is 0 Å². The molecule has 0 fully saturated rings. The van der Waals surface area contributed by atoms with Crippen molar-refractivity contribution in [1.29, 1.82) is 0 Å². The highest BCUT2D eigenvalue weighted by Crippen LogP contribution is 2.39. The third kappa shape index (κ3) is 4.98. The average Bonchev–Trinajstić information content (AvgIpc) is 3.23. The van der Waals surface area contributed by atoms with Crippen LogP contribution < -0.4 is 9.47 Å². The summed E-state index contributed by atoms with van der Waals surface area (Å²) in [6.45, 7) is 6.28. The molecule has 0 bridgehead atoms. The fourth-order valence-electron chi connectivity index (χ4n) is 4.27. The molecule has 0 saturated carbocycles. The maximum Gasteiger partial charge on any atom is 0.181 e. The number of methoxy groups -OCH3 is 2. The average molecular weight is 488 g/mol. The van der Waals surface area contributed by atoms with Crippen LogP contribution in [0.1, 0.15) is 56.6 Å². The van der Waals surface area contributed by atoms with Crippen LogP contribution in [0.5, 0.6) is 11.5 Å². The number of hydrogen-bond acceptors (Lipinski definition) is 6. The number of aromatic nitrogens is 1. The molecular formula is C29H29NO4S. The third-order valence-corrected chi connectivity index (χ3v) is 7.46. The van der Waals surface area contributed by atoms with Crippen molar-refractivity contribution >= 4 is 33.0 Å². The summed E-state index contributed by atoms with van der Waals surface area (Å²) in [5, 5.41) is 1.16. The molecule has 35 heavy (non-hydrogen) atoms. The summed E-state index contributed by atoms with van der Waals surface area (Å²) in [5.74, 6) is 0.782. The number of aryl methyl sites for hydroxylation is 3. The van der Waals surface area contributed by atoms with E-state index in [2.05, 4.69) is 45.0 Å². The molecule has 4 rings (SSSR count). The van der Waals surface area contributed by atoms with Gasteiger partial charge < -0.3 is 9.47 Å². The van der Waals surface area contributed by atoms with Crippen LogP contribution in [0.25, 0.3) is 21.3 Å². The number of carbonyl (C=O) groups is 2. The van der Waals surface area contributed by atoms with Gasteiger partial charge in [0.15, 0.2) is 23.1 Å². The number of ketones is 2. The van der Waals surface area contributed by atoms with Crippen LogP contribution in [-0.2, 0) is 6.42 Å². The minimum absolute atomic E-state index is 0.0925. The van der Waals surface area contributed by atoms with Crippen molar-refractivity contribution in [1.82, 2.24) is 4.98 Å². The van der Waals surface area contributed by atoms with Gasteiger partial charge in [-0.25, -0.2) is 4.98 Å². The van der Waals surface area contributed by atoms with Crippen LogP contribution in [-0.4, -0.2) is 30.8 Å². The number of ether oxygens (including phenoxy) is 2. The van der Waals surface area contributed by atoms with Gasteiger partial charge in [0.05, 0.1) is 19.9 Å². The van der Waals surface area contributed by atoms with Gasteiger partial charge in [0, 0.05) is 38.9 Å². The fourth-order valence-corrected chi connectivity index (χ4v) is 5.40. The Morgan fingerprint density at radius 2 is 1.66 bits per heavy atom. The van der Waals surface area contributed by atoms with Crippen LogP contribution in [0.2, 0.25) is 0 Å². The van der Waals surface area contributed by atoms with Gasteiger partial charge >= 0.3 is 0 Å². The maximum atomic E-state index is 13.1. The van der Waals surface area contributed by atoms with Crippen molar-refractivity contribution in [3.05, 3.63) is 75.8 Å². The highest BCUT2D eigenvalue weighted by molar-refractivity contribution is 7.19. The van der Waals surface area contributed by atoms with Crippen molar-refractivity contribution in [3.8, 4) is 22.8 Å². The number of benzene rings is 2. The Hall–Kier alpha value is -3.51. The predicted molar refractivity (Wildman–Crippen MR) is 141 cm³/mol. The lowest BCUT2D eigenvalue weighted by atomic mass is 10.00. The molecule has 6 heteroatoms. The van der Waals surface area contributed by atoms with Gasteiger partial charge in [0.1, 0.15) is 5.69 Å². The summed E-state index contributed by atoms with van der Waals surface area (Å²) in [7, 11) is 3.07. The van der Waals surface area contributed by atoms with Crippen LogP contribution >= 0.6 is 11.3 Å². The lowest BCUT2D eigenvalue weighted by molar-refractivity contribution is 0.0915. The largest absolute Gasteiger partial charge is 0.493 e. The number of Topliss-reactive ketones (excluding diaryl/α,β-unsaturated/α-hetero) is 2. The quantitative estimate of drug-likeness (QED) is 0.238. The number of pyridine rings is 1. The van der Waals surface area contributed by atoms with Gasteiger partial charge in [-0.1, -0.05) is 25.1 Å². The molecule has 0 amide bonds. The van der Waals surface area contributed by atoms with Crippen LogP contribution in [0.3, 0.4) is 0 Å². The summed E-state index contributed by atoms with van der Waals surface area (Å²) < 4.78 is 11.8. The summed E-state index contributed by atoms with van der Waals surface area (Å²) in [4.78, 5) is 31.9. The molecule has 0 aliphatic carbocycles. The molecule has 0 atom stereocenters. The molecule has 180 valence electrons. The van der Waals surface area contributed by atoms with Crippen LogP contribution in [0.4, 0.5) is 0 Å². The molecule has 0 saturated heterocycles. The molecule has 0 N–H and O–H groups in total. The van der Waals surface area contributed by atoms with E-state index in [4.69, 9.17) is 14.5 Å². The molecule has 4 aromatic rings. The normalized spacial score (nSPS) is 11.0. The number of hydrogen-bond donors (Lipinski definition) is 0. The van der Waals surface area contributed by atoms with E-state index in [9.17, 15) is 9.59 Å². The first-order valence-electron chi connectivity index (χ1n) is 11.6. The Bertz CT molecular complexity index is 1420. The second kappa shape index (κ2) is 10.4. The zero-order valence-electron chi connectivity index (χ0n) is 20.7. The Morgan fingerprint density at radius 3 is 2.37 bits per heavy atom. The number of carbonyl (C=O) groups excluding carboxylic acids is 2. The van der Waals surface area contributed by atoms with Crippen molar-refractivity contribution < 1.29 is 19.1 Å². The first kappa shape index (κ1) is 24.6. The van der Waals surface area contributed by atoms with Gasteiger partial charge in [-0.05, 0) is 61.7 Å². The Kier molecular flexibility index (Phi) is 7.31. The van der Waals surface area contributed by atoms with Gasteiger partial charge in [-0.15, -0.1) is 11.3 Å². The van der Waals surface area contributed by atoms with Crippen molar-refractivity contribution in [3.63, 3.8) is 0 Å². The second-order valence-electron chi connectivity index (χ2n) is 8.50. The lowest BCUT2D eigenvalue weighted by Gasteiger charge is -2.10. The topological polar surface area (TPSA) is 65.5 Å². The zero-order valence-corrected chi connectivity index (χ0v) is 21.5. The fraction of sp³-hybridized carbons (Fsp3) is 0.276. The molecular weight excluding hydrogens is 458 g/mol. The first-order chi connectivity index (χ1) is 16.9. The van der Waals surface area contributed by atoms with Crippen molar-refractivity contribution in [2.75, 3.05) is 14.2 Å². The summed E-state index contributed by atoms with van der Waals surface area (Å²) in [6, 6.07) is 15.2. The smallest absolute Gasteiger partial charge is 0.181 e. The van der Waals surface area contributed by atoms with Crippen molar-refractivity contribution in [2.45, 2.75) is 40.0 Å². The molecule has 0 aliphatic rings. The number of rotatable bonds is 9. The summed E-state index contributed by atoms with van der Waals surface area (Å²) in [6.07, 6.45) is 0.983. The summed E-state index contributed by atoms with van der Waals surface area (Å²) >= 11 is 1.76. The highest BCUT2D eigenvalue weighted by atomic mass is 32.1. The van der Waals surface area contributed by atoms with Crippen molar-refractivity contribution in [2.24, 2.45) is 0 Å². The molecule has 5 nitrogen and oxygen atoms in total. The van der Waals surface area contributed by atoms with Gasteiger partial charge in [-0.2, -0.15) is 0 Å². The Morgan fingerprint density at radius 1 is 0.914 bits per heavy atom. The molecule has 0 unspecified atom stereocenters. The zero-order chi connectivity index (χ0) is 25.1. The molecule has 0 radical (unpaired) electrons. The van der Waals surface area contributed by atoms with E-state index in [-0.39, 0.29) is 24.4 Å². The van der Waals surface area contributed by atoms with E-state index in [1.807, 2.05) is 6.07 Å². The monoisotopic (exact) mass is 487 g/mol. The number of thiophene rings is 1. The first-order valence-corrected chi connectivity index (χ1v) is 12.5. The molecule has 2 aromatic carbocycles. The van der Waals surface area contributed by atoms with Crippen LogP contribution in [0.15, 0.2) is 48.5 Å². The number of nitrogens with zero attached hydrogens (tertiary/aromatic N) is 1. The minimum Gasteiger partial charge on any atom is -0.493 e. The van der Waals surface area contributed by atoms with E-state index in [0.29, 0.717) is 22.8 Å². The van der Waals surface area contributed by atoms with E-state index < -0.39 is 0 Å². The second-order valence-corrected chi connectivity index (χ2v) is 9.73. The SMILES string of the molecule is CCc1cc(C(=O)CCC(=O)c2ccc(OC)c(OC)c2)nc(-c2c(C)sc3c(C)cccc23)c1. The molecule has 0 aliphatic heterocycles. The van der Waals surface area contributed by atoms with Gasteiger partial charge in [0.2, 0.25) is 0 Å². The Balaban J connectivity index is 1.60. The van der Waals surface area contributed by atoms with E-state index in [1.54, 1.807) is 36.6 Å². The van der Waals surface area contributed by atoms with E-state index in [0.717, 1.165) is 28.6 Å². The van der Waals surface area contributed by atoms with Gasteiger partial charge in [-0.3, -0.25) is 9.59 Å². The lowest BCUT2D eigenvalue weighted by Crippen LogP contribution is -2.08. The van der Waals surface area contributed by atoms with Gasteiger partial charge in [0.25, 0.3) is 0 Å². The molecule has 2 heterocycles. The van der Waals surface area contributed by atoms with Crippen LogP contribution in [0, 0.1) is 13.8 Å². The van der Waals surface area contributed by atoms with E-state index in [1.165, 1.54) is 22.3 Å². The maximum absolute atomic E-state index is 13.1. The number of fused-ring (bicyclic) bond motifs is 1. The minimum atomic E-state index is -0.135.